The van der Waals surface area contributed by atoms with Crippen LogP contribution in [0.5, 0.6) is 10.9 Å². The van der Waals surface area contributed by atoms with Crippen LogP contribution in [0.25, 0.3) is 0 Å². The lowest BCUT2D eigenvalue weighted by Crippen LogP contribution is -2.35. The fourth-order valence-corrected chi connectivity index (χ4v) is 2.10. The summed E-state index contributed by atoms with van der Waals surface area (Å²) in [5.74, 6) is 0.685. The molecule has 7 heteroatoms. The molecule has 0 fully saturated rings. The first-order valence-electron chi connectivity index (χ1n) is 6.63. The number of aromatic nitrogens is 4. The summed E-state index contributed by atoms with van der Waals surface area (Å²) >= 11 is 1.44. The van der Waals surface area contributed by atoms with Crippen molar-refractivity contribution in [3.05, 3.63) is 17.4 Å². The second kappa shape index (κ2) is 5.88. The summed E-state index contributed by atoms with van der Waals surface area (Å²) in [5.41, 5.74) is 0.0606. The molecule has 2 aromatic heterocycles. The van der Waals surface area contributed by atoms with E-state index in [9.17, 15) is 0 Å². The van der Waals surface area contributed by atoms with E-state index in [2.05, 4.69) is 55.2 Å². The molecule has 6 nitrogen and oxygen atoms in total. The van der Waals surface area contributed by atoms with Crippen LogP contribution < -0.4 is 10.1 Å². The highest BCUT2D eigenvalue weighted by Gasteiger charge is 2.12. The fraction of sp³-hybridized carbons (Fsp3) is 0.615. The first-order valence-corrected chi connectivity index (χ1v) is 7.44. The molecule has 1 N–H and O–H groups in total. The average Bonchev–Trinajstić information content (AvgIpc) is 2.95. The second-order valence-corrected chi connectivity index (χ2v) is 6.94. The van der Waals surface area contributed by atoms with E-state index in [1.807, 2.05) is 10.9 Å². The molecule has 0 unspecified atom stereocenters. The Kier molecular flexibility index (Phi) is 4.39. The van der Waals surface area contributed by atoms with Crippen molar-refractivity contribution in [1.82, 2.24) is 25.3 Å². The van der Waals surface area contributed by atoms with Crippen LogP contribution in [0.2, 0.25) is 0 Å². The van der Waals surface area contributed by atoms with Gasteiger partial charge in [0.05, 0.1) is 18.9 Å². The Morgan fingerprint density at radius 2 is 2.10 bits per heavy atom. The molecular weight excluding hydrogens is 274 g/mol. The highest BCUT2D eigenvalue weighted by atomic mass is 32.1. The number of nitrogens with zero attached hydrogens (tertiary/aromatic N) is 4. The van der Waals surface area contributed by atoms with Gasteiger partial charge in [0.2, 0.25) is 0 Å². The van der Waals surface area contributed by atoms with Gasteiger partial charge in [-0.2, -0.15) is 5.10 Å². The van der Waals surface area contributed by atoms with Gasteiger partial charge in [0.1, 0.15) is 5.01 Å². The van der Waals surface area contributed by atoms with Crippen molar-refractivity contribution in [1.29, 1.82) is 0 Å². The molecule has 0 amide bonds. The SMILES string of the molecule is CC(C)n1cc(Oc2nnc(CNC(C)(C)C)s2)cn1. The summed E-state index contributed by atoms with van der Waals surface area (Å²) in [6, 6.07) is 0.313. The van der Waals surface area contributed by atoms with Crippen molar-refractivity contribution in [2.24, 2.45) is 0 Å². The van der Waals surface area contributed by atoms with Gasteiger partial charge in [-0.15, -0.1) is 5.10 Å². The number of hydrogen-bond donors (Lipinski definition) is 1. The zero-order valence-corrected chi connectivity index (χ0v) is 13.4. The van der Waals surface area contributed by atoms with Crippen molar-refractivity contribution in [2.45, 2.75) is 52.7 Å². The largest absolute Gasteiger partial charge is 0.426 e. The predicted molar refractivity (Wildman–Crippen MR) is 79.2 cm³/mol. The third-order valence-corrected chi connectivity index (χ3v) is 3.33. The first kappa shape index (κ1) is 14.9. The standard InChI is InChI=1S/C13H21N5OS/c1-9(2)18-8-10(6-15-18)19-12-17-16-11(20-12)7-14-13(3,4)5/h6,8-9,14H,7H2,1-5H3. The van der Waals surface area contributed by atoms with Gasteiger partial charge < -0.3 is 10.1 Å². The molecule has 0 aliphatic carbocycles. The summed E-state index contributed by atoms with van der Waals surface area (Å²) in [7, 11) is 0. The molecule has 110 valence electrons. The predicted octanol–water partition coefficient (Wildman–Crippen LogP) is 3.00. The molecule has 2 rings (SSSR count). The monoisotopic (exact) mass is 295 g/mol. The van der Waals surface area contributed by atoms with Crippen LogP contribution in [0.3, 0.4) is 0 Å². The van der Waals surface area contributed by atoms with Gasteiger partial charge in [-0.1, -0.05) is 16.4 Å². The maximum Gasteiger partial charge on any atom is 0.299 e. The van der Waals surface area contributed by atoms with E-state index in [1.165, 1.54) is 11.3 Å². The molecule has 0 aliphatic rings. The van der Waals surface area contributed by atoms with E-state index in [4.69, 9.17) is 4.74 Å². The number of rotatable bonds is 5. The second-order valence-electron chi connectivity index (χ2n) is 5.92. The first-order chi connectivity index (χ1) is 9.33. The summed E-state index contributed by atoms with van der Waals surface area (Å²) in [6.07, 6.45) is 3.55. The number of hydrogen-bond acceptors (Lipinski definition) is 6. The lowest BCUT2D eigenvalue weighted by atomic mass is 10.1. The van der Waals surface area contributed by atoms with Gasteiger partial charge in [-0.25, -0.2) is 0 Å². The van der Waals surface area contributed by atoms with Crippen LogP contribution in [0.1, 0.15) is 45.7 Å². The van der Waals surface area contributed by atoms with Crippen LogP contribution in [-0.2, 0) is 6.54 Å². The highest BCUT2D eigenvalue weighted by molar-refractivity contribution is 7.13. The van der Waals surface area contributed by atoms with Crippen LogP contribution in [0.4, 0.5) is 0 Å². The van der Waals surface area contributed by atoms with Gasteiger partial charge in [0.25, 0.3) is 5.19 Å². The van der Waals surface area contributed by atoms with Crippen molar-refractivity contribution >= 4 is 11.3 Å². The molecule has 0 atom stereocenters. The maximum atomic E-state index is 5.66. The number of ether oxygens (including phenoxy) is 1. The molecule has 0 radical (unpaired) electrons. The molecular formula is C13H21N5OS. The Morgan fingerprint density at radius 1 is 1.35 bits per heavy atom. The van der Waals surface area contributed by atoms with E-state index in [0.29, 0.717) is 23.5 Å². The van der Waals surface area contributed by atoms with E-state index < -0.39 is 0 Å². The Balaban J connectivity index is 1.95. The molecule has 2 heterocycles. The summed E-state index contributed by atoms with van der Waals surface area (Å²) in [4.78, 5) is 0. The van der Waals surface area contributed by atoms with Gasteiger partial charge in [0.15, 0.2) is 5.75 Å². The Hall–Kier alpha value is -1.47. The van der Waals surface area contributed by atoms with Crippen LogP contribution in [-0.4, -0.2) is 25.5 Å². The summed E-state index contributed by atoms with van der Waals surface area (Å²) < 4.78 is 7.50. The summed E-state index contributed by atoms with van der Waals surface area (Å²) in [5, 5.41) is 17.2. The van der Waals surface area contributed by atoms with Gasteiger partial charge in [-0.05, 0) is 34.6 Å². The zero-order chi connectivity index (χ0) is 14.8. The lowest BCUT2D eigenvalue weighted by molar-refractivity contribution is 0.423. The molecule has 0 bridgehead atoms. The molecule has 0 aliphatic heterocycles. The zero-order valence-electron chi connectivity index (χ0n) is 12.5. The molecule has 0 saturated heterocycles. The topological polar surface area (TPSA) is 64.9 Å². The average molecular weight is 295 g/mol. The third kappa shape index (κ3) is 4.28. The third-order valence-electron chi connectivity index (χ3n) is 2.53. The van der Waals surface area contributed by atoms with Gasteiger partial charge >= 0.3 is 0 Å². The van der Waals surface area contributed by atoms with E-state index in [0.717, 1.165) is 5.01 Å². The molecule has 0 spiro atoms. The van der Waals surface area contributed by atoms with Crippen molar-refractivity contribution in [3.8, 4) is 10.9 Å². The van der Waals surface area contributed by atoms with Crippen molar-refractivity contribution in [3.63, 3.8) is 0 Å². The minimum absolute atomic E-state index is 0.0606. The molecule has 0 saturated carbocycles. The number of nitrogens with one attached hydrogen (secondary N) is 1. The molecule has 2 aromatic rings. The smallest absolute Gasteiger partial charge is 0.299 e. The normalized spacial score (nSPS) is 12.1. The lowest BCUT2D eigenvalue weighted by Gasteiger charge is -2.19. The van der Waals surface area contributed by atoms with Crippen LogP contribution >= 0.6 is 11.3 Å². The highest BCUT2D eigenvalue weighted by Crippen LogP contribution is 2.25. The van der Waals surface area contributed by atoms with Gasteiger partial charge in [0, 0.05) is 11.6 Å². The summed E-state index contributed by atoms with van der Waals surface area (Å²) in [6.45, 7) is 11.2. The van der Waals surface area contributed by atoms with E-state index in [1.54, 1.807) is 6.20 Å². The Bertz CT molecular complexity index is 555. The minimum Gasteiger partial charge on any atom is -0.426 e. The van der Waals surface area contributed by atoms with Crippen LogP contribution in [0, 0.1) is 0 Å². The minimum atomic E-state index is 0.0606. The molecule has 20 heavy (non-hydrogen) atoms. The molecule has 0 aromatic carbocycles. The Morgan fingerprint density at radius 3 is 2.70 bits per heavy atom. The fourth-order valence-electron chi connectivity index (χ4n) is 1.45. The quantitative estimate of drug-likeness (QED) is 0.918. The van der Waals surface area contributed by atoms with Crippen molar-refractivity contribution < 1.29 is 4.74 Å². The van der Waals surface area contributed by atoms with Crippen molar-refractivity contribution in [2.75, 3.05) is 0 Å². The van der Waals surface area contributed by atoms with E-state index in [-0.39, 0.29) is 5.54 Å². The van der Waals surface area contributed by atoms with Gasteiger partial charge in [-0.3, -0.25) is 4.68 Å². The van der Waals surface area contributed by atoms with E-state index >= 15 is 0 Å². The Labute approximate surface area is 123 Å². The van der Waals surface area contributed by atoms with Crippen LogP contribution in [0.15, 0.2) is 12.4 Å². The maximum absolute atomic E-state index is 5.66.